The lowest BCUT2D eigenvalue weighted by Gasteiger charge is -2.43. The van der Waals surface area contributed by atoms with Gasteiger partial charge < -0.3 is 20.1 Å². The minimum atomic E-state index is -0.720. The molecule has 0 unspecified atom stereocenters. The van der Waals surface area contributed by atoms with Crippen molar-refractivity contribution in [3.05, 3.63) is 100.0 Å². The van der Waals surface area contributed by atoms with Crippen molar-refractivity contribution in [2.75, 3.05) is 18.4 Å². The molecule has 3 atom stereocenters. The number of nitrogens with zero attached hydrogens (tertiary/aromatic N) is 2. The highest BCUT2D eigenvalue weighted by Gasteiger charge is 2.37. The Labute approximate surface area is 204 Å². The van der Waals surface area contributed by atoms with Crippen LogP contribution in [-0.2, 0) is 17.8 Å². The number of carbonyl (C=O) groups excluding carboxylic acids is 2. The summed E-state index contributed by atoms with van der Waals surface area (Å²) in [6.07, 6.45) is 1.36. The summed E-state index contributed by atoms with van der Waals surface area (Å²) in [4.78, 5) is 40.7. The first kappa shape index (κ1) is 22.9. The smallest absolute Gasteiger partial charge is 0.318 e. The average Bonchev–Trinajstić information content (AvgIpc) is 2.86. The Kier molecular flexibility index (Phi) is 6.40. The van der Waals surface area contributed by atoms with Crippen LogP contribution in [-0.4, -0.2) is 40.5 Å². The molecule has 2 aliphatic rings. The number of nitrogens with one attached hydrogen (secondary N) is 2. The van der Waals surface area contributed by atoms with E-state index in [2.05, 4.69) is 10.6 Å². The van der Waals surface area contributed by atoms with Gasteiger partial charge in [0.2, 0.25) is 5.91 Å². The molecule has 0 radical (unpaired) electrons. The summed E-state index contributed by atoms with van der Waals surface area (Å²) in [6.45, 7) is 3.72. The maximum absolute atomic E-state index is 13.4. The summed E-state index contributed by atoms with van der Waals surface area (Å²) in [5, 5.41) is 5.94. The van der Waals surface area contributed by atoms with Gasteiger partial charge in [-0.25, -0.2) is 4.79 Å². The molecular weight excluding hydrogens is 440 g/mol. The van der Waals surface area contributed by atoms with Gasteiger partial charge >= 0.3 is 6.03 Å². The van der Waals surface area contributed by atoms with Crippen molar-refractivity contribution in [3.63, 3.8) is 0 Å². The maximum Gasteiger partial charge on any atom is 0.318 e. The highest BCUT2D eigenvalue weighted by Crippen LogP contribution is 2.34. The van der Waals surface area contributed by atoms with Crippen LogP contribution in [0, 0.1) is 12.8 Å². The quantitative estimate of drug-likeness (QED) is 0.598. The van der Waals surface area contributed by atoms with Gasteiger partial charge in [0, 0.05) is 49.4 Å². The number of benzene rings is 2. The second-order valence-electron chi connectivity index (χ2n) is 9.65. The van der Waals surface area contributed by atoms with Crippen LogP contribution in [0.2, 0.25) is 0 Å². The van der Waals surface area contributed by atoms with Crippen LogP contribution in [0.5, 0.6) is 0 Å². The number of pyridine rings is 1. The van der Waals surface area contributed by atoms with Crippen molar-refractivity contribution >= 4 is 17.6 Å². The zero-order chi connectivity index (χ0) is 24.4. The fourth-order valence-electron chi connectivity index (χ4n) is 5.23. The molecule has 2 N–H and O–H groups in total. The number of amides is 3. The Morgan fingerprint density at radius 1 is 0.943 bits per heavy atom. The summed E-state index contributed by atoms with van der Waals surface area (Å²) < 4.78 is 1.85. The van der Waals surface area contributed by atoms with Crippen molar-refractivity contribution in [3.8, 4) is 0 Å². The first-order valence-electron chi connectivity index (χ1n) is 12.1. The van der Waals surface area contributed by atoms with Gasteiger partial charge in [0.05, 0.1) is 0 Å². The third-order valence-electron chi connectivity index (χ3n) is 6.98. The van der Waals surface area contributed by atoms with Crippen molar-refractivity contribution in [2.45, 2.75) is 38.3 Å². The molecule has 7 nitrogen and oxygen atoms in total. The third kappa shape index (κ3) is 5.14. The first-order valence-corrected chi connectivity index (χ1v) is 12.1. The lowest BCUT2D eigenvalue weighted by molar-refractivity contribution is -0.118. The number of aryl methyl sites for hydroxylation is 1. The number of hydrogen-bond donors (Lipinski definition) is 2. The zero-order valence-electron chi connectivity index (χ0n) is 19.8. The van der Waals surface area contributed by atoms with E-state index in [4.69, 9.17) is 0 Å². The lowest BCUT2D eigenvalue weighted by Crippen LogP contribution is -2.55. The van der Waals surface area contributed by atoms with Crippen molar-refractivity contribution in [1.82, 2.24) is 14.8 Å². The number of fused-ring (bicyclic) bond motifs is 4. The monoisotopic (exact) mass is 470 g/mol. The van der Waals surface area contributed by atoms with E-state index in [1.165, 1.54) is 0 Å². The van der Waals surface area contributed by atoms with Crippen LogP contribution in [0.1, 0.15) is 29.2 Å². The highest BCUT2D eigenvalue weighted by molar-refractivity contribution is 5.97. The van der Waals surface area contributed by atoms with Crippen LogP contribution >= 0.6 is 0 Å². The van der Waals surface area contributed by atoms with E-state index >= 15 is 0 Å². The van der Waals surface area contributed by atoms with Gasteiger partial charge in [-0.1, -0.05) is 54.1 Å². The van der Waals surface area contributed by atoms with Crippen LogP contribution in [0.3, 0.4) is 0 Å². The molecule has 0 saturated carbocycles. The van der Waals surface area contributed by atoms with Crippen LogP contribution in [0.25, 0.3) is 0 Å². The molecule has 1 saturated heterocycles. The normalized spacial score (nSPS) is 19.4. The molecule has 2 bridgehead atoms. The Balaban J connectivity index is 1.32. The minimum Gasteiger partial charge on any atom is -0.326 e. The second-order valence-corrected chi connectivity index (χ2v) is 9.65. The second kappa shape index (κ2) is 9.78. The molecule has 3 amide bonds. The number of anilines is 1. The molecule has 180 valence electrons. The highest BCUT2D eigenvalue weighted by atomic mass is 16.2. The van der Waals surface area contributed by atoms with Crippen molar-refractivity contribution < 1.29 is 9.59 Å². The predicted octanol–water partition coefficient (Wildman–Crippen LogP) is 3.54. The molecule has 1 aromatic heterocycles. The Morgan fingerprint density at radius 3 is 2.49 bits per heavy atom. The van der Waals surface area contributed by atoms with E-state index in [-0.39, 0.29) is 29.3 Å². The van der Waals surface area contributed by atoms with Gasteiger partial charge in [-0.15, -0.1) is 0 Å². The number of urea groups is 1. The van der Waals surface area contributed by atoms with Gasteiger partial charge in [-0.3, -0.25) is 9.59 Å². The summed E-state index contributed by atoms with van der Waals surface area (Å²) in [5.74, 6) is 0.0947. The van der Waals surface area contributed by atoms with Crippen molar-refractivity contribution in [2.24, 2.45) is 5.92 Å². The average molecular weight is 471 g/mol. The molecule has 2 aliphatic heterocycles. The number of hydrogen-bond acceptors (Lipinski definition) is 3. The van der Waals surface area contributed by atoms with E-state index in [0.717, 1.165) is 23.2 Å². The number of rotatable bonds is 5. The van der Waals surface area contributed by atoms with Crippen LogP contribution in [0.15, 0.2) is 77.6 Å². The standard InChI is InChI=1S/C28H30N4O3/c1-19-10-12-23(13-11-19)29-27(34)24(15-20-6-3-2-4-7-20)30-28(35)31-16-21-14-22(18-31)25-8-5-9-26(33)32(25)17-21/h2-13,21-22,24H,14-18H2,1H3,(H,29,34)(H,30,35)/t21-,22-,24-/m0/s1. The first-order chi connectivity index (χ1) is 17.0. The van der Waals surface area contributed by atoms with Gasteiger partial charge in [0.25, 0.3) is 5.56 Å². The molecule has 0 spiro atoms. The van der Waals surface area contributed by atoms with E-state index < -0.39 is 6.04 Å². The number of aromatic nitrogens is 1. The van der Waals surface area contributed by atoms with Gasteiger partial charge in [-0.05, 0) is 43.0 Å². The molecule has 3 aromatic rings. The topological polar surface area (TPSA) is 83.4 Å². The molecule has 3 heterocycles. The maximum atomic E-state index is 13.4. The van der Waals surface area contributed by atoms with Gasteiger partial charge in [-0.2, -0.15) is 0 Å². The Morgan fingerprint density at radius 2 is 1.71 bits per heavy atom. The summed E-state index contributed by atoms with van der Waals surface area (Å²) >= 11 is 0. The summed E-state index contributed by atoms with van der Waals surface area (Å²) in [7, 11) is 0. The molecular formula is C28H30N4O3. The molecule has 35 heavy (non-hydrogen) atoms. The minimum absolute atomic E-state index is 0.0193. The number of carbonyl (C=O) groups is 2. The Hall–Kier alpha value is -3.87. The van der Waals surface area contributed by atoms with Gasteiger partial charge in [0.15, 0.2) is 0 Å². The largest absolute Gasteiger partial charge is 0.326 e. The zero-order valence-corrected chi connectivity index (χ0v) is 19.8. The molecule has 5 rings (SSSR count). The number of piperidine rings is 1. The predicted molar refractivity (Wildman–Crippen MR) is 135 cm³/mol. The lowest BCUT2D eigenvalue weighted by atomic mass is 9.83. The van der Waals surface area contributed by atoms with Crippen LogP contribution in [0.4, 0.5) is 10.5 Å². The summed E-state index contributed by atoms with van der Waals surface area (Å²) in [5.41, 5.74) is 3.79. The fourth-order valence-corrected chi connectivity index (χ4v) is 5.23. The van der Waals surface area contributed by atoms with E-state index in [1.54, 1.807) is 17.0 Å². The molecule has 0 aliphatic carbocycles. The Bertz CT molecular complexity index is 1270. The molecule has 7 heteroatoms. The SMILES string of the molecule is Cc1ccc(NC(=O)[C@H](Cc2ccccc2)NC(=O)N2C[C@@H]3C[C@@H](C2)c2cccc(=O)n2C3)cc1. The van der Waals surface area contributed by atoms with Crippen LogP contribution < -0.4 is 16.2 Å². The van der Waals surface area contributed by atoms with E-state index in [0.29, 0.717) is 31.7 Å². The molecule has 2 aromatic carbocycles. The molecule has 1 fully saturated rings. The van der Waals surface area contributed by atoms with E-state index in [1.807, 2.05) is 72.2 Å². The fraction of sp³-hybridized carbons (Fsp3) is 0.321. The number of likely N-dealkylation sites (tertiary alicyclic amines) is 1. The summed E-state index contributed by atoms with van der Waals surface area (Å²) in [6, 6.07) is 21.7. The van der Waals surface area contributed by atoms with Gasteiger partial charge in [0.1, 0.15) is 6.04 Å². The van der Waals surface area contributed by atoms with E-state index in [9.17, 15) is 14.4 Å². The third-order valence-corrected chi connectivity index (χ3v) is 6.98. The van der Waals surface area contributed by atoms with Crippen molar-refractivity contribution in [1.29, 1.82) is 0 Å².